The molecule has 0 rings (SSSR count). The van der Waals surface area contributed by atoms with Crippen molar-refractivity contribution in [2.75, 3.05) is 46.2 Å². The SMILES string of the molecule is CC(C)CCCCCCCCCCCCCCCOC(=O)CCCOCCOCCOCC(C)C. The highest BCUT2D eigenvalue weighted by Crippen LogP contribution is 2.14. The van der Waals surface area contributed by atoms with E-state index >= 15 is 0 Å². The highest BCUT2D eigenvalue weighted by Gasteiger charge is 2.03. The zero-order valence-corrected chi connectivity index (χ0v) is 24.0. The largest absolute Gasteiger partial charge is 0.466 e. The molecule has 0 aliphatic carbocycles. The average Bonchev–Trinajstić information content (AvgIpc) is 2.81. The highest BCUT2D eigenvalue weighted by atomic mass is 16.5. The van der Waals surface area contributed by atoms with Crippen LogP contribution in [-0.2, 0) is 23.7 Å². The number of carbonyl (C=O) groups is 1. The van der Waals surface area contributed by atoms with Gasteiger partial charge >= 0.3 is 5.97 Å². The molecule has 0 aromatic carbocycles. The Labute approximate surface area is 218 Å². The summed E-state index contributed by atoms with van der Waals surface area (Å²) in [6, 6.07) is 0. The summed E-state index contributed by atoms with van der Waals surface area (Å²) < 4.78 is 21.7. The third-order valence-corrected chi connectivity index (χ3v) is 6.05. The van der Waals surface area contributed by atoms with Crippen LogP contribution in [0.3, 0.4) is 0 Å². The van der Waals surface area contributed by atoms with Gasteiger partial charge in [-0.05, 0) is 24.7 Å². The zero-order valence-electron chi connectivity index (χ0n) is 24.0. The second-order valence-electron chi connectivity index (χ2n) is 10.8. The summed E-state index contributed by atoms with van der Waals surface area (Å²) in [6.07, 6.45) is 19.9. The monoisotopic (exact) mass is 500 g/mol. The number of hydrogen-bond donors (Lipinski definition) is 0. The Morgan fingerprint density at radius 1 is 0.486 bits per heavy atom. The second-order valence-corrected chi connectivity index (χ2v) is 10.8. The number of hydrogen-bond acceptors (Lipinski definition) is 5. The van der Waals surface area contributed by atoms with E-state index in [4.69, 9.17) is 18.9 Å². The summed E-state index contributed by atoms with van der Waals surface area (Å²) in [5.74, 6) is 1.31. The molecule has 0 amide bonds. The maximum Gasteiger partial charge on any atom is 0.305 e. The molecule has 0 aliphatic rings. The Morgan fingerprint density at radius 3 is 1.46 bits per heavy atom. The Kier molecular flexibility index (Phi) is 27.4. The standard InChI is InChI=1S/C30H60O5/c1-28(2)19-16-14-12-10-8-6-5-7-9-11-13-15-17-22-35-30(31)20-18-21-32-23-24-33-25-26-34-27-29(3)4/h28-29H,5-27H2,1-4H3. The van der Waals surface area contributed by atoms with Gasteiger partial charge in [0.15, 0.2) is 0 Å². The second kappa shape index (κ2) is 27.9. The maximum absolute atomic E-state index is 11.8. The third kappa shape index (κ3) is 31.3. The van der Waals surface area contributed by atoms with Crippen molar-refractivity contribution in [2.45, 2.75) is 130 Å². The van der Waals surface area contributed by atoms with Gasteiger partial charge < -0.3 is 18.9 Å². The molecular formula is C30H60O5. The van der Waals surface area contributed by atoms with Crippen LogP contribution < -0.4 is 0 Å². The summed E-state index contributed by atoms with van der Waals surface area (Å²) in [4.78, 5) is 11.8. The molecule has 0 radical (unpaired) electrons. The van der Waals surface area contributed by atoms with Crippen molar-refractivity contribution in [3.05, 3.63) is 0 Å². The number of carbonyl (C=O) groups excluding carboxylic acids is 1. The van der Waals surface area contributed by atoms with Gasteiger partial charge in [-0.15, -0.1) is 0 Å². The van der Waals surface area contributed by atoms with Crippen molar-refractivity contribution < 1.29 is 23.7 Å². The molecule has 0 aliphatic heterocycles. The predicted octanol–water partition coefficient (Wildman–Crippen LogP) is 8.13. The topological polar surface area (TPSA) is 54.0 Å². The number of unbranched alkanes of at least 4 members (excludes halogenated alkanes) is 12. The third-order valence-electron chi connectivity index (χ3n) is 6.05. The van der Waals surface area contributed by atoms with Crippen LogP contribution in [0.2, 0.25) is 0 Å². The quantitative estimate of drug-likeness (QED) is 0.0801. The summed E-state index contributed by atoms with van der Waals surface area (Å²) >= 11 is 0. The fraction of sp³-hybridized carbons (Fsp3) is 0.967. The summed E-state index contributed by atoms with van der Waals surface area (Å²) in [6.45, 7) is 13.1. The summed E-state index contributed by atoms with van der Waals surface area (Å²) in [5.41, 5.74) is 0. The Hall–Kier alpha value is -0.650. The molecule has 0 spiro atoms. The smallest absolute Gasteiger partial charge is 0.305 e. The Morgan fingerprint density at radius 2 is 0.943 bits per heavy atom. The van der Waals surface area contributed by atoms with E-state index in [2.05, 4.69) is 27.7 Å². The predicted molar refractivity (Wildman–Crippen MR) is 147 cm³/mol. The van der Waals surface area contributed by atoms with Gasteiger partial charge in [0.1, 0.15) is 0 Å². The van der Waals surface area contributed by atoms with Crippen LogP contribution >= 0.6 is 0 Å². The molecule has 210 valence electrons. The van der Waals surface area contributed by atoms with Crippen molar-refractivity contribution in [1.82, 2.24) is 0 Å². The molecule has 0 aromatic heterocycles. The van der Waals surface area contributed by atoms with Gasteiger partial charge in [0.05, 0.1) is 33.0 Å². The summed E-state index contributed by atoms with van der Waals surface area (Å²) in [7, 11) is 0. The van der Waals surface area contributed by atoms with Crippen molar-refractivity contribution in [3.63, 3.8) is 0 Å². The lowest BCUT2D eigenvalue weighted by molar-refractivity contribution is -0.144. The van der Waals surface area contributed by atoms with Crippen molar-refractivity contribution in [2.24, 2.45) is 11.8 Å². The first-order valence-electron chi connectivity index (χ1n) is 14.9. The molecule has 0 saturated carbocycles. The minimum atomic E-state index is -0.105. The Bertz CT molecular complexity index is 425. The molecule has 5 nitrogen and oxygen atoms in total. The lowest BCUT2D eigenvalue weighted by Gasteiger charge is -2.08. The van der Waals surface area contributed by atoms with Crippen molar-refractivity contribution >= 4 is 5.97 Å². The molecule has 0 atom stereocenters. The summed E-state index contributed by atoms with van der Waals surface area (Å²) in [5, 5.41) is 0. The minimum absolute atomic E-state index is 0.105. The van der Waals surface area contributed by atoms with Crippen molar-refractivity contribution in [3.8, 4) is 0 Å². The molecule has 0 N–H and O–H groups in total. The van der Waals surface area contributed by atoms with E-state index in [-0.39, 0.29) is 5.97 Å². The van der Waals surface area contributed by atoms with Gasteiger partial charge in [-0.1, -0.05) is 111 Å². The van der Waals surface area contributed by atoms with E-state index in [0.29, 0.717) is 58.4 Å². The maximum atomic E-state index is 11.8. The van der Waals surface area contributed by atoms with E-state index in [1.165, 1.54) is 77.0 Å². The van der Waals surface area contributed by atoms with E-state index in [0.717, 1.165) is 25.4 Å². The average molecular weight is 501 g/mol. The minimum Gasteiger partial charge on any atom is -0.466 e. The lowest BCUT2D eigenvalue weighted by atomic mass is 10.0. The van der Waals surface area contributed by atoms with E-state index < -0.39 is 0 Å². The zero-order chi connectivity index (χ0) is 25.8. The lowest BCUT2D eigenvalue weighted by Crippen LogP contribution is -2.12. The first kappa shape index (κ1) is 34.4. The van der Waals surface area contributed by atoms with Gasteiger partial charge in [-0.2, -0.15) is 0 Å². The van der Waals surface area contributed by atoms with Gasteiger partial charge in [-0.3, -0.25) is 4.79 Å². The van der Waals surface area contributed by atoms with Crippen LogP contribution in [0.5, 0.6) is 0 Å². The van der Waals surface area contributed by atoms with E-state index in [1.807, 2.05) is 0 Å². The number of esters is 1. The molecule has 0 unspecified atom stereocenters. The highest BCUT2D eigenvalue weighted by molar-refractivity contribution is 5.69. The fourth-order valence-electron chi connectivity index (χ4n) is 3.93. The van der Waals surface area contributed by atoms with Crippen LogP contribution in [-0.4, -0.2) is 52.2 Å². The Balaban J connectivity index is 3.16. The number of rotatable bonds is 28. The van der Waals surface area contributed by atoms with E-state index in [9.17, 15) is 4.79 Å². The van der Waals surface area contributed by atoms with Crippen LogP contribution in [0.15, 0.2) is 0 Å². The fourth-order valence-corrected chi connectivity index (χ4v) is 3.93. The first-order chi connectivity index (χ1) is 17.0. The number of ether oxygens (including phenoxy) is 4. The van der Waals surface area contributed by atoms with Gasteiger partial charge in [0.25, 0.3) is 0 Å². The van der Waals surface area contributed by atoms with Gasteiger partial charge in [-0.25, -0.2) is 0 Å². The molecule has 35 heavy (non-hydrogen) atoms. The molecule has 0 fully saturated rings. The molecule has 0 saturated heterocycles. The van der Waals surface area contributed by atoms with Crippen LogP contribution in [0.1, 0.15) is 130 Å². The van der Waals surface area contributed by atoms with Crippen LogP contribution in [0.4, 0.5) is 0 Å². The molecule has 0 heterocycles. The van der Waals surface area contributed by atoms with Crippen LogP contribution in [0, 0.1) is 11.8 Å². The van der Waals surface area contributed by atoms with E-state index in [1.54, 1.807) is 0 Å². The molecular weight excluding hydrogens is 440 g/mol. The van der Waals surface area contributed by atoms with Crippen LogP contribution in [0.25, 0.3) is 0 Å². The first-order valence-corrected chi connectivity index (χ1v) is 14.9. The molecule has 0 bridgehead atoms. The molecule has 5 heteroatoms. The van der Waals surface area contributed by atoms with Gasteiger partial charge in [0.2, 0.25) is 0 Å². The normalized spacial score (nSPS) is 11.6. The molecule has 0 aromatic rings. The van der Waals surface area contributed by atoms with Gasteiger partial charge in [0, 0.05) is 19.6 Å². The van der Waals surface area contributed by atoms with Crippen molar-refractivity contribution in [1.29, 1.82) is 0 Å².